The lowest BCUT2D eigenvalue weighted by Crippen LogP contribution is -2.33. The summed E-state index contributed by atoms with van der Waals surface area (Å²) in [7, 11) is 2.14. The van der Waals surface area contributed by atoms with E-state index in [9.17, 15) is 4.79 Å². The smallest absolute Gasteiger partial charge is 0.274 e. The van der Waals surface area contributed by atoms with Crippen molar-refractivity contribution in [2.75, 3.05) is 46.3 Å². The molecule has 0 aliphatic carbocycles. The minimum absolute atomic E-state index is 0. The Morgan fingerprint density at radius 2 is 2.29 bits per heavy atom. The fraction of sp³-hybridized carbons (Fsp3) is 0.765. The van der Waals surface area contributed by atoms with Gasteiger partial charge in [-0.25, -0.2) is 0 Å². The monoisotopic (exact) mass is 355 g/mol. The average molecular weight is 356 g/mol. The number of piperidine rings is 1. The molecule has 6 nitrogen and oxygen atoms in total. The molecule has 7 heteroatoms. The Labute approximate surface area is 151 Å². The molecular formula is C17H30ClN5O. The van der Waals surface area contributed by atoms with Crippen molar-refractivity contribution >= 4 is 18.3 Å². The van der Waals surface area contributed by atoms with Crippen LogP contribution in [0.2, 0.25) is 0 Å². The zero-order chi connectivity index (χ0) is 16.2. The van der Waals surface area contributed by atoms with Crippen molar-refractivity contribution in [3.8, 4) is 0 Å². The summed E-state index contributed by atoms with van der Waals surface area (Å²) < 4.78 is 1.97. The molecule has 0 radical (unpaired) electrons. The van der Waals surface area contributed by atoms with Gasteiger partial charge in [0, 0.05) is 32.4 Å². The van der Waals surface area contributed by atoms with Crippen molar-refractivity contribution in [1.29, 1.82) is 0 Å². The molecule has 0 spiro atoms. The van der Waals surface area contributed by atoms with Gasteiger partial charge in [0.25, 0.3) is 5.91 Å². The maximum absolute atomic E-state index is 12.7. The summed E-state index contributed by atoms with van der Waals surface area (Å²) in [4.78, 5) is 17.0. The molecule has 2 aliphatic heterocycles. The summed E-state index contributed by atoms with van der Waals surface area (Å²) in [6, 6.07) is 2.26. The molecule has 0 bridgehead atoms. The molecule has 2 unspecified atom stereocenters. The zero-order valence-electron chi connectivity index (χ0n) is 14.8. The van der Waals surface area contributed by atoms with Crippen LogP contribution in [0.25, 0.3) is 0 Å². The van der Waals surface area contributed by atoms with Crippen LogP contribution in [0, 0.1) is 5.92 Å². The predicted octanol–water partition coefficient (Wildman–Crippen LogP) is 1.64. The number of nitrogens with one attached hydrogen (secondary N) is 1. The highest BCUT2D eigenvalue weighted by Crippen LogP contribution is 2.20. The summed E-state index contributed by atoms with van der Waals surface area (Å²) in [6.45, 7) is 8.06. The van der Waals surface area contributed by atoms with Gasteiger partial charge in [-0.15, -0.1) is 12.4 Å². The molecule has 1 N–H and O–H groups in total. The predicted molar refractivity (Wildman–Crippen MR) is 97.8 cm³/mol. The van der Waals surface area contributed by atoms with Crippen molar-refractivity contribution in [1.82, 2.24) is 24.9 Å². The van der Waals surface area contributed by atoms with E-state index in [1.165, 1.54) is 6.42 Å². The summed E-state index contributed by atoms with van der Waals surface area (Å²) in [6.07, 6.45) is 5.37. The van der Waals surface area contributed by atoms with Crippen LogP contribution >= 0.6 is 12.4 Å². The summed E-state index contributed by atoms with van der Waals surface area (Å²) in [5.74, 6) is 0.683. The Morgan fingerprint density at radius 3 is 3.00 bits per heavy atom. The third-order valence-corrected chi connectivity index (χ3v) is 5.16. The van der Waals surface area contributed by atoms with Crippen molar-refractivity contribution in [3.63, 3.8) is 0 Å². The number of nitrogens with zero attached hydrogens (tertiary/aromatic N) is 4. The number of amides is 1. The van der Waals surface area contributed by atoms with Crippen LogP contribution in [-0.2, 0) is 0 Å². The van der Waals surface area contributed by atoms with E-state index in [2.05, 4.69) is 29.3 Å². The van der Waals surface area contributed by atoms with E-state index < -0.39 is 0 Å². The molecule has 3 heterocycles. The van der Waals surface area contributed by atoms with Crippen LogP contribution in [0.15, 0.2) is 12.3 Å². The Kier molecular flexibility index (Phi) is 7.07. The fourth-order valence-corrected chi connectivity index (χ4v) is 3.61. The Hall–Kier alpha value is -1.11. The average Bonchev–Trinajstić information content (AvgIpc) is 3.24. The third-order valence-electron chi connectivity index (χ3n) is 5.16. The Bertz CT molecular complexity index is 529. The molecule has 1 aromatic rings. The quantitative estimate of drug-likeness (QED) is 0.872. The van der Waals surface area contributed by atoms with Crippen molar-refractivity contribution in [2.24, 2.45) is 5.92 Å². The van der Waals surface area contributed by atoms with Crippen molar-refractivity contribution < 1.29 is 4.79 Å². The van der Waals surface area contributed by atoms with Crippen LogP contribution < -0.4 is 5.32 Å². The maximum atomic E-state index is 12.7. The second kappa shape index (κ2) is 8.83. The number of carbonyl (C=O) groups is 1. The van der Waals surface area contributed by atoms with Crippen LogP contribution in [0.3, 0.4) is 0 Å². The van der Waals surface area contributed by atoms with Gasteiger partial charge in [0.05, 0.1) is 6.04 Å². The highest BCUT2D eigenvalue weighted by molar-refractivity contribution is 5.92. The van der Waals surface area contributed by atoms with E-state index in [0.29, 0.717) is 17.7 Å². The molecule has 2 saturated heterocycles. The summed E-state index contributed by atoms with van der Waals surface area (Å²) in [5.41, 5.74) is 0.597. The van der Waals surface area contributed by atoms with Gasteiger partial charge in [-0.05, 0) is 51.4 Å². The second-order valence-corrected chi connectivity index (χ2v) is 6.94. The molecule has 2 atom stereocenters. The molecule has 3 rings (SSSR count). The molecule has 0 saturated carbocycles. The van der Waals surface area contributed by atoms with Crippen LogP contribution in [0.5, 0.6) is 0 Å². The molecule has 1 aromatic heterocycles. The molecule has 0 aromatic carbocycles. The first-order chi connectivity index (χ1) is 11.2. The number of likely N-dealkylation sites (tertiary alicyclic amines) is 1. The van der Waals surface area contributed by atoms with Gasteiger partial charge in [-0.1, -0.05) is 6.92 Å². The normalized spacial score (nSPS) is 24.2. The maximum Gasteiger partial charge on any atom is 0.274 e. The Balaban J connectivity index is 0.00000208. The van der Waals surface area contributed by atoms with Gasteiger partial charge in [0.2, 0.25) is 0 Å². The van der Waals surface area contributed by atoms with Crippen LogP contribution in [0.1, 0.15) is 42.7 Å². The van der Waals surface area contributed by atoms with Crippen molar-refractivity contribution in [3.05, 3.63) is 18.0 Å². The third kappa shape index (κ3) is 4.49. The van der Waals surface area contributed by atoms with Gasteiger partial charge in [-0.3, -0.25) is 9.48 Å². The van der Waals surface area contributed by atoms with Crippen LogP contribution in [0.4, 0.5) is 0 Å². The fourth-order valence-electron chi connectivity index (χ4n) is 3.61. The number of hydrogen-bond donors (Lipinski definition) is 1. The summed E-state index contributed by atoms with van der Waals surface area (Å²) in [5, 5.41) is 7.95. The molecular weight excluding hydrogens is 326 g/mol. The van der Waals surface area contributed by atoms with E-state index in [4.69, 9.17) is 0 Å². The highest BCUT2D eigenvalue weighted by Gasteiger charge is 2.29. The summed E-state index contributed by atoms with van der Waals surface area (Å²) >= 11 is 0. The van der Waals surface area contributed by atoms with E-state index in [-0.39, 0.29) is 18.3 Å². The topological polar surface area (TPSA) is 53.4 Å². The first-order valence-corrected chi connectivity index (χ1v) is 8.91. The first kappa shape index (κ1) is 19.2. The molecule has 2 fully saturated rings. The SMILES string of the molecule is CCN(C)CC1CCN(C(=O)c2ccn(C3CCCNC3)n2)C1.Cl. The lowest BCUT2D eigenvalue weighted by atomic mass is 10.1. The number of rotatable bonds is 5. The number of halogens is 1. The number of carbonyl (C=O) groups excluding carboxylic acids is 1. The van der Waals surface area contributed by atoms with Crippen LogP contribution in [-0.4, -0.2) is 71.8 Å². The van der Waals surface area contributed by atoms with E-state index in [1.54, 1.807) is 0 Å². The number of aromatic nitrogens is 2. The van der Waals surface area contributed by atoms with Gasteiger partial charge in [0.1, 0.15) is 5.69 Å². The van der Waals surface area contributed by atoms with Crippen molar-refractivity contribution in [2.45, 2.75) is 32.2 Å². The Morgan fingerprint density at radius 1 is 1.46 bits per heavy atom. The number of hydrogen-bond acceptors (Lipinski definition) is 4. The van der Waals surface area contributed by atoms with E-state index in [0.717, 1.165) is 52.1 Å². The largest absolute Gasteiger partial charge is 0.337 e. The van der Waals surface area contributed by atoms with E-state index in [1.807, 2.05) is 21.8 Å². The lowest BCUT2D eigenvalue weighted by molar-refractivity contribution is 0.0777. The highest BCUT2D eigenvalue weighted by atomic mass is 35.5. The lowest BCUT2D eigenvalue weighted by Gasteiger charge is -2.23. The van der Waals surface area contributed by atoms with Gasteiger partial charge >= 0.3 is 0 Å². The molecule has 2 aliphatic rings. The van der Waals surface area contributed by atoms with Gasteiger partial charge in [0.15, 0.2) is 0 Å². The zero-order valence-corrected chi connectivity index (χ0v) is 15.6. The molecule has 136 valence electrons. The second-order valence-electron chi connectivity index (χ2n) is 6.94. The first-order valence-electron chi connectivity index (χ1n) is 8.91. The van der Waals surface area contributed by atoms with Gasteiger partial charge < -0.3 is 15.1 Å². The minimum Gasteiger partial charge on any atom is -0.337 e. The van der Waals surface area contributed by atoms with Gasteiger partial charge in [-0.2, -0.15) is 5.10 Å². The van der Waals surface area contributed by atoms with E-state index >= 15 is 0 Å². The molecule has 1 amide bonds. The standard InChI is InChI=1S/C17H29N5O.ClH/c1-3-20(2)12-14-6-9-21(13-14)17(23)16-7-10-22(19-16)15-5-4-8-18-11-15;/h7,10,14-15,18H,3-6,8-9,11-13H2,1-2H3;1H. The molecule has 24 heavy (non-hydrogen) atoms. The minimum atomic E-state index is 0.